The van der Waals surface area contributed by atoms with E-state index in [0.29, 0.717) is 5.02 Å². The van der Waals surface area contributed by atoms with Crippen molar-refractivity contribution in [3.05, 3.63) is 59.9 Å². The van der Waals surface area contributed by atoms with Gasteiger partial charge >= 0.3 is 0 Å². The molecule has 4 nitrogen and oxygen atoms in total. The molecule has 0 unspecified atom stereocenters. The highest BCUT2D eigenvalue weighted by atomic mass is 35.5. The lowest BCUT2D eigenvalue weighted by Crippen LogP contribution is -1.96. The lowest BCUT2D eigenvalue weighted by Gasteiger charge is -2.07. The highest BCUT2D eigenvalue weighted by Gasteiger charge is 2.10. The summed E-state index contributed by atoms with van der Waals surface area (Å²) in [7, 11) is 0. The summed E-state index contributed by atoms with van der Waals surface area (Å²) in [5, 5.41) is 9.89. The van der Waals surface area contributed by atoms with Crippen LogP contribution in [-0.4, -0.2) is 19.6 Å². The van der Waals surface area contributed by atoms with Crippen LogP contribution in [-0.2, 0) is 0 Å². The van der Waals surface area contributed by atoms with E-state index >= 15 is 0 Å². The van der Waals surface area contributed by atoms with E-state index in [2.05, 4.69) is 10.2 Å². The number of rotatable bonds is 1. The Labute approximate surface area is 119 Å². The molecule has 4 aromatic rings. The van der Waals surface area contributed by atoms with Crippen LogP contribution in [0.4, 0.5) is 0 Å². The average Bonchev–Trinajstić information content (AvgIpc) is 2.97. The fourth-order valence-electron chi connectivity index (χ4n) is 2.30. The predicted molar refractivity (Wildman–Crippen MR) is 78.7 cm³/mol. The fourth-order valence-corrected chi connectivity index (χ4v) is 2.43. The van der Waals surface area contributed by atoms with Crippen LogP contribution in [0.15, 0.2) is 54.9 Å². The number of halogens is 1. The maximum Gasteiger partial charge on any atom is 0.171 e. The van der Waals surface area contributed by atoms with Crippen molar-refractivity contribution >= 4 is 28.2 Å². The summed E-state index contributed by atoms with van der Waals surface area (Å²) in [4.78, 5) is 4.72. The Kier molecular flexibility index (Phi) is 2.44. The van der Waals surface area contributed by atoms with Gasteiger partial charge in [0.1, 0.15) is 12.2 Å². The molecule has 0 atom stereocenters. The van der Waals surface area contributed by atoms with E-state index < -0.39 is 0 Å². The molecule has 2 heterocycles. The standard InChI is InChI=1S/C15H9ClN4/c16-11-7-5-10(6-8-11)14-18-13-4-2-1-3-12(13)15-19-17-9-20(14)15/h1-9H. The number of nitrogens with zero attached hydrogens (tertiary/aromatic N) is 4. The average molecular weight is 281 g/mol. The molecule has 0 N–H and O–H groups in total. The molecule has 0 spiro atoms. The molecule has 20 heavy (non-hydrogen) atoms. The van der Waals surface area contributed by atoms with Crippen molar-refractivity contribution in [1.29, 1.82) is 0 Å². The Morgan fingerprint density at radius 1 is 0.950 bits per heavy atom. The van der Waals surface area contributed by atoms with Crippen molar-refractivity contribution in [3.8, 4) is 11.4 Å². The highest BCUT2D eigenvalue weighted by Crippen LogP contribution is 2.25. The Morgan fingerprint density at radius 2 is 1.75 bits per heavy atom. The van der Waals surface area contributed by atoms with Crippen molar-refractivity contribution in [2.45, 2.75) is 0 Å². The molecule has 0 aliphatic rings. The van der Waals surface area contributed by atoms with Crippen LogP contribution in [0.25, 0.3) is 27.9 Å². The molecule has 0 saturated carbocycles. The first-order valence-corrected chi connectivity index (χ1v) is 6.55. The van der Waals surface area contributed by atoms with Gasteiger partial charge in [0.2, 0.25) is 0 Å². The molecule has 2 aromatic carbocycles. The largest absolute Gasteiger partial charge is 0.265 e. The molecule has 2 aromatic heterocycles. The topological polar surface area (TPSA) is 43.1 Å². The zero-order valence-corrected chi connectivity index (χ0v) is 11.1. The van der Waals surface area contributed by atoms with E-state index in [0.717, 1.165) is 27.9 Å². The molecule has 0 saturated heterocycles. The van der Waals surface area contributed by atoms with Crippen LogP contribution in [0.2, 0.25) is 5.02 Å². The van der Waals surface area contributed by atoms with Crippen molar-refractivity contribution in [2.75, 3.05) is 0 Å². The summed E-state index contributed by atoms with van der Waals surface area (Å²) in [5.74, 6) is 0.806. The number of hydrogen-bond donors (Lipinski definition) is 0. The molecule has 0 amide bonds. The second-order valence-electron chi connectivity index (χ2n) is 4.48. The molecule has 0 radical (unpaired) electrons. The highest BCUT2D eigenvalue weighted by molar-refractivity contribution is 6.30. The minimum absolute atomic E-state index is 0.703. The van der Waals surface area contributed by atoms with Crippen LogP contribution >= 0.6 is 11.6 Å². The Bertz CT molecular complexity index is 912. The number of fused-ring (bicyclic) bond motifs is 3. The molecule has 5 heteroatoms. The summed E-state index contributed by atoms with van der Waals surface area (Å²) in [6, 6.07) is 15.5. The predicted octanol–water partition coefficient (Wildman–Crippen LogP) is 3.60. The van der Waals surface area contributed by atoms with Crippen molar-refractivity contribution < 1.29 is 0 Å². The maximum atomic E-state index is 5.94. The SMILES string of the molecule is Clc1ccc(-c2nc3ccccc3c3nncn23)cc1. The van der Waals surface area contributed by atoms with Crippen molar-refractivity contribution in [3.63, 3.8) is 0 Å². The Hall–Kier alpha value is -2.46. The fraction of sp³-hybridized carbons (Fsp3) is 0. The molecule has 96 valence electrons. The second kappa shape index (κ2) is 4.28. The molecular formula is C15H9ClN4. The second-order valence-corrected chi connectivity index (χ2v) is 4.92. The number of para-hydroxylation sites is 1. The molecule has 0 fully saturated rings. The van der Waals surface area contributed by atoms with E-state index in [1.54, 1.807) is 6.33 Å². The molecule has 0 aliphatic carbocycles. The monoisotopic (exact) mass is 280 g/mol. The molecule has 0 aliphatic heterocycles. The lowest BCUT2D eigenvalue weighted by atomic mass is 10.2. The summed E-state index contributed by atoms with van der Waals surface area (Å²) in [5.41, 5.74) is 2.68. The summed E-state index contributed by atoms with van der Waals surface area (Å²) >= 11 is 5.94. The Balaban J connectivity index is 2.11. The number of benzene rings is 2. The number of aromatic nitrogens is 4. The quantitative estimate of drug-likeness (QED) is 0.535. The minimum atomic E-state index is 0.703. The molecule has 0 bridgehead atoms. The van der Waals surface area contributed by atoms with Gasteiger partial charge in [-0.15, -0.1) is 10.2 Å². The van der Waals surface area contributed by atoms with Crippen molar-refractivity contribution in [1.82, 2.24) is 19.6 Å². The lowest BCUT2D eigenvalue weighted by molar-refractivity contribution is 1.09. The Morgan fingerprint density at radius 3 is 2.60 bits per heavy atom. The third-order valence-corrected chi connectivity index (χ3v) is 3.50. The zero-order valence-electron chi connectivity index (χ0n) is 10.4. The number of hydrogen-bond acceptors (Lipinski definition) is 3. The first kappa shape index (κ1) is 11.4. The normalized spacial score (nSPS) is 11.2. The van der Waals surface area contributed by atoms with Crippen LogP contribution in [0.3, 0.4) is 0 Å². The first-order chi connectivity index (χ1) is 9.83. The van der Waals surface area contributed by atoms with E-state index in [9.17, 15) is 0 Å². The van der Waals surface area contributed by atoms with Crippen LogP contribution in [0.5, 0.6) is 0 Å². The van der Waals surface area contributed by atoms with Gasteiger partial charge in [-0.25, -0.2) is 4.98 Å². The summed E-state index contributed by atoms with van der Waals surface area (Å²) < 4.78 is 1.89. The molecular weight excluding hydrogens is 272 g/mol. The van der Waals surface area contributed by atoms with Gasteiger partial charge < -0.3 is 0 Å². The van der Waals surface area contributed by atoms with Crippen molar-refractivity contribution in [2.24, 2.45) is 0 Å². The summed E-state index contributed by atoms with van der Waals surface area (Å²) in [6.45, 7) is 0. The van der Waals surface area contributed by atoms with E-state index in [-0.39, 0.29) is 0 Å². The van der Waals surface area contributed by atoms with Gasteiger partial charge in [0, 0.05) is 16.0 Å². The van der Waals surface area contributed by atoms with Gasteiger partial charge in [0.15, 0.2) is 5.65 Å². The van der Waals surface area contributed by atoms with Gasteiger partial charge in [-0.05, 0) is 36.4 Å². The molecule has 4 rings (SSSR count). The van der Waals surface area contributed by atoms with Crippen LogP contribution in [0, 0.1) is 0 Å². The smallest absolute Gasteiger partial charge is 0.171 e. The zero-order chi connectivity index (χ0) is 13.5. The van der Waals surface area contributed by atoms with E-state index in [1.165, 1.54) is 0 Å². The third-order valence-electron chi connectivity index (χ3n) is 3.25. The van der Waals surface area contributed by atoms with Gasteiger partial charge in [0.25, 0.3) is 0 Å². The van der Waals surface area contributed by atoms with Gasteiger partial charge in [0.05, 0.1) is 5.52 Å². The maximum absolute atomic E-state index is 5.94. The van der Waals surface area contributed by atoms with Gasteiger partial charge in [-0.1, -0.05) is 23.7 Å². The minimum Gasteiger partial charge on any atom is -0.265 e. The third kappa shape index (κ3) is 1.66. The first-order valence-electron chi connectivity index (χ1n) is 6.17. The van der Waals surface area contributed by atoms with Crippen LogP contribution in [0.1, 0.15) is 0 Å². The van der Waals surface area contributed by atoms with Crippen LogP contribution < -0.4 is 0 Å². The van der Waals surface area contributed by atoms with E-state index in [4.69, 9.17) is 16.6 Å². The van der Waals surface area contributed by atoms with Gasteiger partial charge in [-0.2, -0.15) is 0 Å². The summed E-state index contributed by atoms with van der Waals surface area (Å²) in [6.07, 6.45) is 1.68. The van der Waals surface area contributed by atoms with E-state index in [1.807, 2.05) is 52.9 Å². The van der Waals surface area contributed by atoms with Gasteiger partial charge in [-0.3, -0.25) is 4.40 Å².